The third kappa shape index (κ3) is 4.04. The molecule has 1 atom stereocenters. The van der Waals surface area contributed by atoms with Crippen molar-refractivity contribution >= 4 is 11.3 Å². The Hall–Kier alpha value is -0.380. The second-order valence-electron chi connectivity index (χ2n) is 5.59. The first-order chi connectivity index (χ1) is 9.24. The van der Waals surface area contributed by atoms with Crippen LogP contribution in [0.3, 0.4) is 0 Å². The molecule has 0 aromatic carbocycles. The van der Waals surface area contributed by atoms with Crippen molar-refractivity contribution in [3.05, 3.63) is 21.9 Å². The van der Waals surface area contributed by atoms with Gasteiger partial charge in [0.1, 0.15) is 0 Å². The SMILES string of the molecule is CCCNC(CC1CC(OCC)C1)c1ccsc1C. The highest BCUT2D eigenvalue weighted by Gasteiger charge is 2.32. The summed E-state index contributed by atoms with van der Waals surface area (Å²) in [7, 11) is 0. The van der Waals surface area contributed by atoms with E-state index in [0.29, 0.717) is 12.1 Å². The van der Waals surface area contributed by atoms with Gasteiger partial charge in [-0.05, 0) is 69.0 Å². The molecule has 2 rings (SSSR count). The molecule has 1 aliphatic carbocycles. The summed E-state index contributed by atoms with van der Waals surface area (Å²) >= 11 is 1.86. The molecule has 0 aliphatic heterocycles. The summed E-state index contributed by atoms with van der Waals surface area (Å²) in [6, 6.07) is 2.84. The predicted molar refractivity (Wildman–Crippen MR) is 82.8 cm³/mol. The van der Waals surface area contributed by atoms with Gasteiger partial charge in [0.25, 0.3) is 0 Å². The van der Waals surface area contributed by atoms with Crippen LogP contribution in [0, 0.1) is 12.8 Å². The van der Waals surface area contributed by atoms with Gasteiger partial charge in [-0.1, -0.05) is 6.92 Å². The molecule has 108 valence electrons. The zero-order chi connectivity index (χ0) is 13.7. The van der Waals surface area contributed by atoms with Crippen molar-refractivity contribution in [1.82, 2.24) is 5.32 Å². The van der Waals surface area contributed by atoms with E-state index < -0.39 is 0 Å². The van der Waals surface area contributed by atoms with Crippen LogP contribution in [0.15, 0.2) is 11.4 Å². The maximum atomic E-state index is 5.67. The number of hydrogen-bond acceptors (Lipinski definition) is 3. The summed E-state index contributed by atoms with van der Waals surface area (Å²) in [6.07, 6.45) is 5.50. The fourth-order valence-corrected chi connectivity index (χ4v) is 3.73. The molecule has 1 aliphatic rings. The fraction of sp³-hybridized carbons (Fsp3) is 0.750. The molecule has 1 aromatic rings. The van der Waals surface area contributed by atoms with Gasteiger partial charge in [-0.2, -0.15) is 0 Å². The standard InChI is InChI=1S/C16H27NOS/c1-4-7-17-16(15-6-8-19-12(15)3)11-13-9-14(10-13)18-5-2/h6,8,13-14,16-17H,4-5,7,9-11H2,1-3H3. The number of nitrogens with one attached hydrogen (secondary N) is 1. The third-order valence-electron chi connectivity index (χ3n) is 4.08. The highest BCUT2D eigenvalue weighted by molar-refractivity contribution is 7.10. The average Bonchev–Trinajstić information content (AvgIpc) is 2.77. The largest absolute Gasteiger partial charge is 0.378 e. The van der Waals surface area contributed by atoms with Crippen LogP contribution in [-0.2, 0) is 4.74 Å². The van der Waals surface area contributed by atoms with E-state index in [9.17, 15) is 0 Å². The van der Waals surface area contributed by atoms with Gasteiger partial charge < -0.3 is 10.1 Å². The molecule has 1 fully saturated rings. The van der Waals surface area contributed by atoms with E-state index in [-0.39, 0.29) is 0 Å². The highest BCUT2D eigenvalue weighted by Crippen LogP contribution is 2.38. The van der Waals surface area contributed by atoms with Gasteiger partial charge in [0.15, 0.2) is 0 Å². The highest BCUT2D eigenvalue weighted by atomic mass is 32.1. The number of ether oxygens (including phenoxy) is 1. The molecule has 0 saturated heterocycles. The smallest absolute Gasteiger partial charge is 0.0580 e. The van der Waals surface area contributed by atoms with E-state index in [1.54, 1.807) is 0 Å². The average molecular weight is 281 g/mol. The van der Waals surface area contributed by atoms with Crippen LogP contribution >= 0.6 is 11.3 Å². The molecule has 0 spiro atoms. The van der Waals surface area contributed by atoms with Crippen molar-refractivity contribution in [3.63, 3.8) is 0 Å². The summed E-state index contributed by atoms with van der Waals surface area (Å²) in [5.41, 5.74) is 1.51. The van der Waals surface area contributed by atoms with Crippen LogP contribution in [0.5, 0.6) is 0 Å². The Kier molecular flexibility index (Phi) is 5.86. The number of rotatable bonds is 8. The Balaban J connectivity index is 1.87. The van der Waals surface area contributed by atoms with Gasteiger partial charge in [0.2, 0.25) is 0 Å². The maximum Gasteiger partial charge on any atom is 0.0580 e. The van der Waals surface area contributed by atoms with E-state index >= 15 is 0 Å². The van der Waals surface area contributed by atoms with Gasteiger partial charge >= 0.3 is 0 Å². The second kappa shape index (κ2) is 7.41. The molecular weight excluding hydrogens is 254 g/mol. The summed E-state index contributed by atoms with van der Waals surface area (Å²) in [6.45, 7) is 8.54. The zero-order valence-electron chi connectivity index (χ0n) is 12.4. The molecular formula is C16H27NOS. The van der Waals surface area contributed by atoms with Crippen LogP contribution in [0.4, 0.5) is 0 Å². The summed E-state index contributed by atoms with van der Waals surface area (Å²) < 4.78 is 5.67. The normalized spacial score (nSPS) is 24.2. The molecule has 0 radical (unpaired) electrons. The lowest BCUT2D eigenvalue weighted by atomic mass is 9.77. The lowest BCUT2D eigenvalue weighted by molar-refractivity contribution is -0.0291. The number of hydrogen-bond donors (Lipinski definition) is 1. The van der Waals surface area contributed by atoms with Gasteiger partial charge in [0.05, 0.1) is 6.10 Å². The second-order valence-corrected chi connectivity index (χ2v) is 6.71. The Morgan fingerprint density at radius 3 is 2.79 bits per heavy atom. The molecule has 1 N–H and O–H groups in total. The molecule has 0 bridgehead atoms. The van der Waals surface area contributed by atoms with Gasteiger partial charge in [-0.25, -0.2) is 0 Å². The summed E-state index contributed by atoms with van der Waals surface area (Å²) in [4.78, 5) is 1.47. The van der Waals surface area contributed by atoms with Crippen molar-refractivity contribution in [2.24, 2.45) is 5.92 Å². The first-order valence-corrected chi connectivity index (χ1v) is 8.51. The molecule has 1 heterocycles. The van der Waals surface area contributed by atoms with Crippen LogP contribution in [0.25, 0.3) is 0 Å². The van der Waals surface area contributed by atoms with Crippen LogP contribution in [0.2, 0.25) is 0 Å². The first-order valence-electron chi connectivity index (χ1n) is 7.63. The van der Waals surface area contributed by atoms with Crippen LogP contribution in [0.1, 0.15) is 56.0 Å². The Bertz CT molecular complexity index is 371. The monoisotopic (exact) mass is 281 g/mol. The summed E-state index contributed by atoms with van der Waals surface area (Å²) in [5, 5.41) is 5.94. The van der Waals surface area contributed by atoms with Gasteiger partial charge in [-0.15, -0.1) is 11.3 Å². The van der Waals surface area contributed by atoms with E-state index in [1.165, 1.54) is 36.1 Å². The Labute approximate surface area is 121 Å². The quantitative estimate of drug-likeness (QED) is 0.767. The van der Waals surface area contributed by atoms with E-state index in [0.717, 1.165) is 19.1 Å². The van der Waals surface area contributed by atoms with Crippen molar-refractivity contribution < 1.29 is 4.74 Å². The van der Waals surface area contributed by atoms with Crippen LogP contribution < -0.4 is 5.32 Å². The van der Waals surface area contributed by atoms with E-state index in [1.807, 2.05) is 11.3 Å². The predicted octanol–water partition coefficient (Wildman–Crippen LogP) is 4.30. The topological polar surface area (TPSA) is 21.3 Å². The van der Waals surface area contributed by atoms with Crippen molar-refractivity contribution in [3.8, 4) is 0 Å². The van der Waals surface area contributed by atoms with Gasteiger partial charge in [0, 0.05) is 17.5 Å². The number of aryl methyl sites for hydroxylation is 1. The van der Waals surface area contributed by atoms with E-state index in [2.05, 4.69) is 37.5 Å². The molecule has 3 heteroatoms. The first kappa shape index (κ1) is 15.0. The van der Waals surface area contributed by atoms with Crippen LogP contribution in [-0.4, -0.2) is 19.3 Å². The van der Waals surface area contributed by atoms with Crippen molar-refractivity contribution in [2.75, 3.05) is 13.2 Å². The maximum absolute atomic E-state index is 5.67. The minimum atomic E-state index is 0.533. The molecule has 19 heavy (non-hydrogen) atoms. The molecule has 1 aromatic heterocycles. The number of thiophene rings is 1. The zero-order valence-corrected chi connectivity index (χ0v) is 13.3. The Morgan fingerprint density at radius 1 is 1.42 bits per heavy atom. The minimum Gasteiger partial charge on any atom is -0.378 e. The lowest BCUT2D eigenvalue weighted by Crippen LogP contribution is -2.35. The fourth-order valence-electron chi connectivity index (χ4n) is 2.97. The molecule has 1 unspecified atom stereocenters. The molecule has 1 saturated carbocycles. The Morgan fingerprint density at radius 2 is 2.21 bits per heavy atom. The minimum absolute atomic E-state index is 0.533. The van der Waals surface area contributed by atoms with Crippen molar-refractivity contribution in [2.45, 2.75) is 58.6 Å². The molecule has 2 nitrogen and oxygen atoms in total. The van der Waals surface area contributed by atoms with Gasteiger partial charge in [-0.3, -0.25) is 0 Å². The van der Waals surface area contributed by atoms with E-state index in [4.69, 9.17) is 4.74 Å². The van der Waals surface area contributed by atoms with Crippen molar-refractivity contribution in [1.29, 1.82) is 0 Å². The lowest BCUT2D eigenvalue weighted by Gasteiger charge is -2.37. The third-order valence-corrected chi connectivity index (χ3v) is 4.94. The summed E-state index contributed by atoms with van der Waals surface area (Å²) in [5.74, 6) is 0.838. The molecule has 0 amide bonds.